The molecule has 2 N–H and O–H groups in total. The summed E-state index contributed by atoms with van der Waals surface area (Å²) in [6, 6.07) is 20.4. The Kier molecular flexibility index (Phi) is 3.16. The van der Waals surface area contributed by atoms with E-state index in [2.05, 4.69) is 27.2 Å². The molecule has 3 nitrogen and oxygen atoms in total. The number of hydrogen-bond donors (Lipinski definition) is 1. The Morgan fingerprint density at radius 1 is 0.895 bits per heavy atom. The van der Waals surface area contributed by atoms with Gasteiger partial charge in [0.25, 0.3) is 0 Å². The van der Waals surface area contributed by atoms with E-state index in [1.165, 1.54) is 11.3 Å². The van der Waals surface area contributed by atoms with Crippen LogP contribution in [0.1, 0.15) is 0 Å². The van der Waals surface area contributed by atoms with Gasteiger partial charge in [-0.05, 0) is 17.7 Å². The molecule has 19 heavy (non-hydrogen) atoms. The summed E-state index contributed by atoms with van der Waals surface area (Å²) in [6.45, 7) is 0. The third-order valence-corrected chi connectivity index (χ3v) is 3.74. The minimum absolute atomic E-state index is 0.782. The van der Waals surface area contributed by atoms with Gasteiger partial charge in [0.2, 0.25) is 4.80 Å². The average molecular weight is 267 g/mol. The van der Waals surface area contributed by atoms with Crippen molar-refractivity contribution in [3.05, 3.63) is 70.8 Å². The molecule has 1 heterocycles. The second kappa shape index (κ2) is 5.12. The zero-order chi connectivity index (χ0) is 13.1. The molecule has 0 saturated heterocycles. The van der Waals surface area contributed by atoms with Crippen molar-refractivity contribution in [2.24, 2.45) is 10.9 Å². The van der Waals surface area contributed by atoms with Gasteiger partial charge in [0.15, 0.2) is 0 Å². The van der Waals surface area contributed by atoms with Crippen molar-refractivity contribution < 1.29 is 0 Å². The summed E-state index contributed by atoms with van der Waals surface area (Å²) in [5.41, 5.74) is 3.31. The first-order valence-electron chi connectivity index (χ1n) is 5.95. The van der Waals surface area contributed by atoms with Gasteiger partial charge in [0.1, 0.15) is 0 Å². The van der Waals surface area contributed by atoms with E-state index in [0.29, 0.717) is 0 Å². The van der Waals surface area contributed by atoms with Crippen LogP contribution in [0.3, 0.4) is 0 Å². The molecule has 94 valence electrons. The lowest BCUT2D eigenvalue weighted by molar-refractivity contribution is 0.971. The van der Waals surface area contributed by atoms with Crippen LogP contribution in [0, 0.1) is 0 Å². The Bertz CT molecular complexity index is 727. The third-order valence-electron chi connectivity index (χ3n) is 2.90. The highest BCUT2D eigenvalue weighted by Crippen LogP contribution is 2.22. The number of aromatic nitrogens is 1. The monoisotopic (exact) mass is 267 g/mol. The van der Waals surface area contributed by atoms with Crippen molar-refractivity contribution in [2.45, 2.75) is 0 Å². The first kappa shape index (κ1) is 11.7. The predicted octanol–water partition coefficient (Wildman–Crippen LogP) is 2.98. The molecule has 0 spiro atoms. The normalized spacial score (nSPS) is 11.7. The van der Waals surface area contributed by atoms with Crippen LogP contribution in [-0.4, -0.2) is 4.57 Å². The highest BCUT2D eigenvalue weighted by molar-refractivity contribution is 7.07. The van der Waals surface area contributed by atoms with Crippen LogP contribution in [0.15, 0.2) is 71.1 Å². The molecule has 0 unspecified atom stereocenters. The van der Waals surface area contributed by atoms with Crippen LogP contribution in [0.2, 0.25) is 0 Å². The number of thiazole rings is 1. The lowest BCUT2D eigenvalue weighted by Gasteiger charge is -2.08. The molecule has 0 bridgehead atoms. The number of benzene rings is 2. The largest absolute Gasteiger partial charge is 0.320 e. The molecule has 0 amide bonds. The quantitative estimate of drug-likeness (QED) is 0.563. The molecule has 0 aliphatic rings. The van der Waals surface area contributed by atoms with Gasteiger partial charge in [-0.1, -0.05) is 48.5 Å². The summed E-state index contributed by atoms with van der Waals surface area (Å²) in [5, 5.41) is 5.95. The van der Waals surface area contributed by atoms with Gasteiger partial charge in [-0.2, -0.15) is 5.10 Å². The summed E-state index contributed by atoms with van der Waals surface area (Å²) in [6.07, 6.45) is 0. The van der Waals surface area contributed by atoms with E-state index < -0.39 is 0 Å². The summed E-state index contributed by atoms with van der Waals surface area (Å²) >= 11 is 1.54. The molecular formula is C15H13N3S. The number of hydrogen-bond acceptors (Lipinski definition) is 3. The third kappa shape index (κ3) is 2.18. The van der Waals surface area contributed by atoms with Gasteiger partial charge in [-0.15, -0.1) is 11.3 Å². The topological polar surface area (TPSA) is 43.3 Å². The zero-order valence-electron chi connectivity index (χ0n) is 10.2. The maximum Gasteiger partial charge on any atom is 0.212 e. The number of rotatable bonds is 2. The number of nitrogens with zero attached hydrogens (tertiary/aromatic N) is 2. The van der Waals surface area contributed by atoms with E-state index in [1.807, 2.05) is 48.5 Å². The Balaban J connectivity index is 2.26. The van der Waals surface area contributed by atoms with Crippen LogP contribution >= 0.6 is 11.3 Å². The molecule has 1 aromatic heterocycles. The van der Waals surface area contributed by atoms with E-state index in [0.717, 1.165) is 21.7 Å². The van der Waals surface area contributed by atoms with Crippen molar-refractivity contribution >= 4 is 11.3 Å². The molecule has 3 aromatic rings. The fraction of sp³-hybridized carbons (Fsp3) is 0. The van der Waals surface area contributed by atoms with Crippen LogP contribution in [0.4, 0.5) is 0 Å². The van der Waals surface area contributed by atoms with Gasteiger partial charge >= 0.3 is 0 Å². The molecule has 0 atom stereocenters. The summed E-state index contributed by atoms with van der Waals surface area (Å²) in [5.74, 6) is 5.49. The van der Waals surface area contributed by atoms with Crippen molar-refractivity contribution in [1.82, 2.24) is 4.57 Å². The lowest BCUT2D eigenvalue weighted by atomic mass is 10.1. The van der Waals surface area contributed by atoms with Gasteiger partial charge in [-0.25, -0.2) is 0 Å². The summed E-state index contributed by atoms with van der Waals surface area (Å²) in [7, 11) is 0. The Labute approximate surface area is 115 Å². The Morgan fingerprint density at radius 3 is 2.16 bits per heavy atom. The van der Waals surface area contributed by atoms with Crippen molar-refractivity contribution in [3.63, 3.8) is 0 Å². The SMILES string of the molecule is N/N=c1/scc(-c2ccccc2)n1-c1ccccc1. The molecular weight excluding hydrogens is 254 g/mol. The van der Waals surface area contributed by atoms with Crippen molar-refractivity contribution in [1.29, 1.82) is 0 Å². The van der Waals surface area contributed by atoms with E-state index in [9.17, 15) is 0 Å². The molecule has 0 aliphatic carbocycles. The summed E-state index contributed by atoms with van der Waals surface area (Å²) in [4.78, 5) is 0.782. The van der Waals surface area contributed by atoms with E-state index in [4.69, 9.17) is 5.84 Å². The van der Waals surface area contributed by atoms with Crippen LogP contribution in [-0.2, 0) is 0 Å². The number of nitrogens with two attached hydrogens (primary N) is 1. The van der Waals surface area contributed by atoms with Crippen molar-refractivity contribution in [2.75, 3.05) is 0 Å². The average Bonchev–Trinajstić information content (AvgIpc) is 2.93. The molecule has 0 fully saturated rings. The first-order valence-corrected chi connectivity index (χ1v) is 6.83. The molecule has 4 heteroatoms. The fourth-order valence-electron chi connectivity index (χ4n) is 2.04. The highest BCUT2D eigenvalue weighted by atomic mass is 32.1. The minimum atomic E-state index is 0.782. The van der Waals surface area contributed by atoms with E-state index >= 15 is 0 Å². The lowest BCUT2D eigenvalue weighted by Crippen LogP contribution is -2.15. The molecule has 2 aromatic carbocycles. The summed E-state index contributed by atoms with van der Waals surface area (Å²) < 4.78 is 2.07. The van der Waals surface area contributed by atoms with Crippen LogP contribution in [0.25, 0.3) is 16.9 Å². The molecule has 3 rings (SSSR count). The second-order valence-electron chi connectivity index (χ2n) is 4.07. The minimum Gasteiger partial charge on any atom is -0.320 e. The van der Waals surface area contributed by atoms with Gasteiger partial charge < -0.3 is 5.84 Å². The standard InChI is InChI=1S/C15H13N3S/c16-17-15-18(13-9-5-2-6-10-13)14(11-19-15)12-7-3-1-4-8-12/h1-11H,16H2/b17-15+. The zero-order valence-corrected chi connectivity index (χ0v) is 11.0. The smallest absolute Gasteiger partial charge is 0.212 e. The van der Waals surface area contributed by atoms with Crippen LogP contribution < -0.4 is 10.6 Å². The first-order chi connectivity index (χ1) is 9.40. The highest BCUT2D eigenvalue weighted by Gasteiger charge is 2.08. The Morgan fingerprint density at radius 2 is 1.53 bits per heavy atom. The van der Waals surface area contributed by atoms with E-state index in [1.54, 1.807) is 0 Å². The fourth-order valence-corrected chi connectivity index (χ4v) is 2.87. The maximum atomic E-state index is 5.49. The van der Waals surface area contributed by atoms with Gasteiger partial charge in [0, 0.05) is 11.1 Å². The van der Waals surface area contributed by atoms with Crippen LogP contribution in [0.5, 0.6) is 0 Å². The van der Waals surface area contributed by atoms with Gasteiger partial charge in [-0.3, -0.25) is 4.57 Å². The second-order valence-corrected chi connectivity index (χ2v) is 4.91. The van der Waals surface area contributed by atoms with Gasteiger partial charge in [0.05, 0.1) is 5.69 Å². The number of para-hydroxylation sites is 1. The van der Waals surface area contributed by atoms with Crippen molar-refractivity contribution in [3.8, 4) is 16.9 Å². The molecule has 0 saturated carbocycles. The van der Waals surface area contributed by atoms with E-state index in [-0.39, 0.29) is 0 Å². The molecule has 0 aliphatic heterocycles. The Hall–Kier alpha value is -2.33. The molecule has 0 radical (unpaired) electrons. The predicted molar refractivity (Wildman–Crippen MR) is 78.8 cm³/mol. The maximum absolute atomic E-state index is 5.49.